The average Bonchev–Trinajstić information content (AvgIpc) is 2.67. The topological polar surface area (TPSA) is 46.5 Å². The molecule has 2 atom stereocenters. The molecule has 0 fully saturated rings. The molecular weight excluding hydrogens is 393 g/mol. The highest BCUT2D eigenvalue weighted by atomic mass is 31.2. The number of nitrogens with zero attached hydrogens (tertiary/aromatic N) is 1. The van der Waals surface area contributed by atoms with Crippen molar-refractivity contribution in [2.45, 2.75) is 122 Å². The Morgan fingerprint density at radius 1 is 0.833 bits per heavy atom. The second-order valence-electron chi connectivity index (χ2n) is 9.74. The maximum absolute atomic E-state index is 12.6. The lowest BCUT2D eigenvalue weighted by atomic mass is 10.0. The predicted molar refractivity (Wildman–Crippen MR) is 132 cm³/mol. The molecule has 0 aliphatic heterocycles. The van der Waals surface area contributed by atoms with Crippen molar-refractivity contribution in [3.05, 3.63) is 12.2 Å². The zero-order valence-electron chi connectivity index (χ0n) is 20.9. The molecule has 0 aromatic carbocycles. The van der Waals surface area contributed by atoms with Gasteiger partial charge in [-0.1, -0.05) is 89.7 Å². The van der Waals surface area contributed by atoms with E-state index in [-0.39, 0.29) is 5.78 Å². The van der Waals surface area contributed by atoms with E-state index in [9.17, 15) is 9.46 Å². The molecule has 30 heavy (non-hydrogen) atoms. The van der Waals surface area contributed by atoms with Crippen LogP contribution in [0, 0.1) is 0 Å². The van der Waals surface area contributed by atoms with Crippen molar-refractivity contribution >= 4 is 7.60 Å². The predicted octanol–water partition coefficient (Wildman–Crippen LogP) is 8.06. The molecule has 180 valence electrons. The van der Waals surface area contributed by atoms with Gasteiger partial charge in [0.05, 0.1) is 27.7 Å². The number of quaternary nitrogens is 1. The Morgan fingerprint density at radius 2 is 1.27 bits per heavy atom. The maximum Gasteiger partial charge on any atom is 0.385 e. The van der Waals surface area contributed by atoms with E-state index in [2.05, 4.69) is 26.0 Å². The lowest BCUT2D eigenvalue weighted by Gasteiger charge is -2.35. The summed E-state index contributed by atoms with van der Waals surface area (Å²) in [7, 11) is 2.35. The third-order valence-corrected chi connectivity index (χ3v) is 8.10. The minimum absolute atomic E-state index is 0.333. The number of unbranched alkanes of at least 4 members (excludes halogenated alkanes) is 13. The lowest BCUT2D eigenvalue weighted by molar-refractivity contribution is -0.883. The van der Waals surface area contributed by atoms with Gasteiger partial charge < -0.3 is 13.9 Å². The summed E-state index contributed by atoms with van der Waals surface area (Å²) in [6, 6.07) is 0. The van der Waals surface area contributed by atoms with Crippen molar-refractivity contribution in [2.75, 3.05) is 27.7 Å². The minimum atomic E-state index is -3.56. The molecular formula is C25H53NO3P+. The first-order valence-electron chi connectivity index (χ1n) is 12.6. The van der Waals surface area contributed by atoms with E-state index in [1.807, 2.05) is 21.1 Å². The molecule has 0 rings (SSSR count). The zero-order chi connectivity index (χ0) is 22.7. The van der Waals surface area contributed by atoms with Gasteiger partial charge in [-0.2, -0.15) is 0 Å². The molecule has 0 amide bonds. The molecule has 0 aromatic rings. The van der Waals surface area contributed by atoms with Crippen LogP contribution in [0.1, 0.15) is 117 Å². The fraction of sp³-hybridized carbons (Fsp3) is 0.920. The minimum Gasteiger partial charge on any atom is -0.320 e. The van der Waals surface area contributed by atoms with E-state index in [1.54, 1.807) is 0 Å². The van der Waals surface area contributed by atoms with E-state index in [0.717, 1.165) is 19.3 Å². The van der Waals surface area contributed by atoms with Crippen LogP contribution in [0.3, 0.4) is 0 Å². The van der Waals surface area contributed by atoms with E-state index >= 15 is 0 Å². The molecule has 0 aliphatic carbocycles. The highest BCUT2D eigenvalue weighted by molar-refractivity contribution is 7.53. The van der Waals surface area contributed by atoms with Crippen molar-refractivity contribution in [3.63, 3.8) is 0 Å². The standard InChI is InChI=1S/C25H52NO3P/c1-6-8-9-10-11-12-13-14-15-16-17-18-19-20-21-22-24-29-30(27,28)25(23-7-2)26(3,4)5/h6,8,25H,7,9-24H2,1-5H3/p+1/b8-6-. The monoisotopic (exact) mass is 446 g/mol. The van der Waals surface area contributed by atoms with Gasteiger partial charge in [-0.05, 0) is 32.6 Å². The molecule has 0 saturated carbocycles. The van der Waals surface area contributed by atoms with Crippen LogP contribution in [0.25, 0.3) is 0 Å². The summed E-state index contributed by atoms with van der Waals surface area (Å²) in [5, 5.41) is 0. The molecule has 0 spiro atoms. The van der Waals surface area contributed by atoms with Crippen LogP contribution < -0.4 is 0 Å². The van der Waals surface area contributed by atoms with Crippen molar-refractivity contribution in [1.82, 2.24) is 0 Å². The summed E-state index contributed by atoms with van der Waals surface area (Å²) < 4.78 is 18.6. The Hall–Kier alpha value is -0.150. The Bertz CT molecular complexity index is 460. The number of hydrogen-bond donors (Lipinski definition) is 1. The molecule has 0 heterocycles. The summed E-state index contributed by atoms with van der Waals surface area (Å²) in [4.78, 5) is 10.4. The number of rotatable bonds is 21. The first kappa shape index (κ1) is 29.9. The van der Waals surface area contributed by atoms with Crippen LogP contribution in [-0.4, -0.2) is 42.9 Å². The van der Waals surface area contributed by atoms with Gasteiger partial charge >= 0.3 is 7.60 Å². The second kappa shape index (κ2) is 18.4. The molecule has 0 bridgehead atoms. The van der Waals surface area contributed by atoms with Crippen LogP contribution in [-0.2, 0) is 9.09 Å². The van der Waals surface area contributed by atoms with E-state index in [4.69, 9.17) is 4.52 Å². The molecule has 2 unspecified atom stereocenters. The third kappa shape index (κ3) is 16.5. The van der Waals surface area contributed by atoms with Gasteiger partial charge in [-0.3, -0.25) is 4.57 Å². The molecule has 0 radical (unpaired) electrons. The van der Waals surface area contributed by atoms with E-state index in [1.165, 1.54) is 77.0 Å². The summed E-state index contributed by atoms with van der Waals surface area (Å²) in [5.74, 6) is -0.333. The van der Waals surface area contributed by atoms with Gasteiger partial charge in [0, 0.05) is 6.42 Å². The van der Waals surface area contributed by atoms with E-state index < -0.39 is 7.60 Å². The molecule has 4 nitrogen and oxygen atoms in total. The van der Waals surface area contributed by atoms with Crippen molar-refractivity contribution in [2.24, 2.45) is 0 Å². The molecule has 0 saturated heterocycles. The normalized spacial score (nSPS) is 15.5. The van der Waals surface area contributed by atoms with Crippen LogP contribution >= 0.6 is 7.60 Å². The first-order valence-corrected chi connectivity index (χ1v) is 14.3. The van der Waals surface area contributed by atoms with E-state index in [0.29, 0.717) is 17.5 Å². The first-order chi connectivity index (χ1) is 14.3. The van der Waals surface area contributed by atoms with Gasteiger partial charge in [0.2, 0.25) is 0 Å². The van der Waals surface area contributed by atoms with Crippen molar-refractivity contribution < 1.29 is 18.5 Å². The van der Waals surface area contributed by atoms with Crippen LogP contribution in [0.2, 0.25) is 0 Å². The zero-order valence-corrected chi connectivity index (χ0v) is 21.8. The Labute approximate surface area is 188 Å². The Balaban J connectivity index is 3.54. The average molecular weight is 447 g/mol. The Kier molecular flexibility index (Phi) is 18.3. The number of allylic oxidation sites excluding steroid dienone is 2. The molecule has 0 aromatic heterocycles. The fourth-order valence-electron chi connectivity index (χ4n) is 4.00. The SMILES string of the molecule is C/C=C\CCCCCCCCCCCCCCCOP(=O)(O)C(CCC)[N+](C)(C)C. The van der Waals surface area contributed by atoms with Gasteiger partial charge in [-0.25, -0.2) is 0 Å². The van der Waals surface area contributed by atoms with Gasteiger partial charge in [0.25, 0.3) is 0 Å². The largest absolute Gasteiger partial charge is 0.385 e. The van der Waals surface area contributed by atoms with Crippen LogP contribution in [0.4, 0.5) is 0 Å². The number of hydrogen-bond acceptors (Lipinski definition) is 2. The van der Waals surface area contributed by atoms with Gasteiger partial charge in [0.15, 0.2) is 5.78 Å². The highest BCUT2D eigenvalue weighted by Crippen LogP contribution is 2.51. The summed E-state index contributed by atoms with van der Waals surface area (Å²) in [5.41, 5.74) is 0. The van der Waals surface area contributed by atoms with Crippen LogP contribution in [0.5, 0.6) is 0 Å². The summed E-state index contributed by atoms with van der Waals surface area (Å²) >= 11 is 0. The third-order valence-electron chi connectivity index (χ3n) is 5.84. The van der Waals surface area contributed by atoms with Gasteiger partial charge in [0.1, 0.15) is 0 Å². The molecule has 1 N–H and O–H groups in total. The maximum atomic E-state index is 12.6. The smallest absolute Gasteiger partial charge is 0.320 e. The quantitative estimate of drug-likeness (QED) is 0.0839. The lowest BCUT2D eigenvalue weighted by Crippen LogP contribution is -2.45. The molecule has 0 aliphatic rings. The summed E-state index contributed by atoms with van der Waals surface area (Å²) in [6.07, 6.45) is 24.1. The summed E-state index contributed by atoms with van der Waals surface area (Å²) in [6.45, 7) is 4.56. The second-order valence-corrected chi connectivity index (χ2v) is 11.7. The molecule has 5 heteroatoms. The van der Waals surface area contributed by atoms with Crippen molar-refractivity contribution in [3.8, 4) is 0 Å². The Morgan fingerprint density at radius 3 is 1.67 bits per heavy atom. The van der Waals surface area contributed by atoms with Gasteiger partial charge in [-0.15, -0.1) is 0 Å². The fourth-order valence-corrected chi connectivity index (χ4v) is 6.03. The highest BCUT2D eigenvalue weighted by Gasteiger charge is 2.41. The van der Waals surface area contributed by atoms with Crippen molar-refractivity contribution in [1.29, 1.82) is 0 Å². The van der Waals surface area contributed by atoms with Crippen LogP contribution in [0.15, 0.2) is 12.2 Å².